The number of carbonyl (C=O) groups is 4. The number of rotatable bonds is 7. The topological polar surface area (TPSA) is 96.0 Å². The number of hydrogen-bond donors (Lipinski definition) is 1. The molecule has 1 aromatic carbocycles. The molecule has 1 saturated carbocycles. The molecule has 0 aromatic heterocycles. The molecule has 3 aliphatic rings. The van der Waals surface area contributed by atoms with Gasteiger partial charge in [0.1, 0.15) is 11.6 Å². The SMILES string of the molecule is CC(C)(C)OC(=O)N[C@H](CCCCN1C(=O)c2ccccc2C1=O)C(=O)N1CCC[C@H]2CCCC[C@@H]21. The highest BCUT2D eigenvalue weighted by atomic mass is 16.6. The molecule has 196 valence electrons. The molecule has 0 spiro atoms. The highest BCUT2D eigenvalue weighted by Crippen LogP contribution is 2.35. The highest BCUT2D eigenvalue weighted by molar-refractivity contribution is 6.21. The maximum absolute atomic E-state index is 13.7. The van der Waals surface area contributed by atoms with Crippen LogP contribution in [0, 0.1) is 5.92 Å². The number of imide groups is 1. The van der Waals surface area contributed by atoms with Crippen LogP contribution in [0.2, 0.25) is 0 Å². The molecule has 3 atom stereocenters. The van der Waals surface area contributed by atoms with Crippen molar-refractivity contribution in [1.29, 1.82) is 0 Å². The van der Waals surface area contributed by atoms with Crippen LogP contribution >= 0.6 is 0 Å². The maximum atomic E-state index is 13.7. The minimum Gasteiger partial charge on any atom is -0.444 e. The van der Waals surface area contributed by atoms with E-state index in [1.54, 1.807) is 45.0 Å². The molecular weight excluding hydrogens is 458 g/mol. The van der Waals surface area contributed by atoms with Crippen LogP contribution in [0.3, 0.4) is 0 Å². The van der Waals surface area contributed by atoms with Crippen LogP contribution in [-0.2, 0) is 9.53 Å². The van der Waals surface area contributed by atoms with Crippen molar-refractivity contribution in [3.8, 4) is 0 Å². The molecule has 2 fully saturated rings. The molecule has 2 aliphatic heterocycles. The third-order valence-corrected chi connectivity index (χ3v) is 7.52. The zero-order valence-electron chi connectivity index (χ0n) is 21.8. The summed E-state index contributed by atoms with van der Waals surface area (Å²) < 4.78 is 5.45. The smallest absolute Gasteiger partial charge is 0.408 e. The molecule has 1 aromatic rings. The summed E-state index contributed by atoms with van der Waals surface area (Å²) in [4.78, 5) is 54.8. The Morgan fingerprint density at radius 1 is 1.00 bits per heavy atom. The second-order valence-electron chi connectivity index (χ2n) is 11.3. The minimum absolute atomic E-state index is 0.0433. The Morgan fingerprint density at radius 2 is 1.64 bits per heavy atom. The predicted molar refractivity (Wildman–Crippen MR) is 136 cm³/mol. The van der Waals surface area contributed by atoms with Crippen molar-refractivity contribution in [2.24, 2.45) is 5.92 Å². The van der Waals surface area contributed by atoms with Gasteiger partial charge in [-0.05, 0) is 83.8 Å². The quantitative estimate of drug-likeness (QED) is 0.441. The molecule has 8 heteroatoms. The molecular formula is C28H39N3O5. The van der Waals surface area contributed by atoms with Crippen LogP contribution in [0.4, 0.5) is 4.79 Å². The molecule has 8 nitrogen and oxygen atoms in total. The third-order valence-electron chi connectivity index (χ3n) is 7.52. The Hall–Kier alpha value is -2.90. The largest absolute Gasteiger partial charge is 0.444 e. The molecule has 0 radical (unpaired) electrons. The van der Waals surface area contributed by atoms with Gasteiger partial charge in [0.25, 0.3) is 11.8 Å². The number of carbonyl (C=O) groups excluding carboxylic acids is 4. The molecule has 1 saturated heterocycles. The van der Waals surface area contributed by atoms with E-state index >= 15 is 0 Å². The Morgan fingerprint density at radius 3 is 2.31 bits per heavy atom. The van der Waals surface area contributed by atoms with Gasteiger partial charge in [-0.25, -0.2) is 4.79 Å². The van der Waals surface area contributed by atoms with Crippen molar-refractivity contribution in [3.05, 3.63) is 35.4 Å². The lowest BCUT2D eigenvalue weighted by atomic mass is 9.78. The van der Waals surface area contributed by atoms with Gasteiger partial charge in [0, 0.05) is 19.1 Å². The number of benzene rings is 1. The summed E-state index contributed by atoms with van der Waals surface area (Å²) in [5.74, 6) is -0.0378. The molecule has 0 bridgehead atoms. The van der Waals surface area contributed by atoms with Gasteiger partial charge in [-0.1, -0.05) is 25.0 Å². The Kier molecular flexibility index (Phi) is 8.00. The van der Waals surface area contributed by atoms with E-state index in [-0.39, 0.29) is 30.3 Å². The van der Waals surface area contributed by atoms with Crippen LogP contribution < -0.4 is 5.32 Å². The number of nitrogens with zero attached hydrogens (tertiary/aromatic N) is 2. The fourth-order valence-corrected chi connectivity index (χ4v) is 5.87. The first kappa shape index (κ1) is 26.2. The first-order valence-corrected chi connectivity index (χ1v) is 13.4. The van der Waals surface area contributed by atoms with Crippen LogP contribution in [0.25, 0.3) is 0 Å². The van der Waals surface area contributed by atoms with Gasteiger partial charge < -0.3 is 15.0 Å². The number of amides is 4. The standard InChI is InChI=1S/C28H39N3O5/c1-28(2,3)36-27(35)29-22(26(34)30-18-10-12-19-11-4-7-16-23(19)30)15-8-9-17-31-24(32)20-13-5-6-14-21(20)25(31)33/h5-6,13-14,19,22-23H,4,7-12,15-18H2,1-3H3,(H,29,35)/t19-,22-,23+/m1/s1. The zero-order valence-corrected chi connectivity index (χ0v) is 21.8. The van der Waals surface area contributed by atoms with Gasteiger partial charge in [0.2, 0.25) is 5.91 Å². The number of likely N-dealkylation sites (tertiary alicyclic amines) is 1. The van der Waals surface area contributed by atoms with Gasteiger partial charge >= 0.3 is 6.09 Å². The molecule has 4 rings (SSSR count). The van der Waals surface area contributed by atoms with Gasteiger partial charge in [0.15, 0.2) is 0 Å². The molecule has 4 amide bonds. The summed E-state index contributed by atoms with van der Waals surface area (Å²) in [7, 11) is 0. The van der Waals surface area contributed by atoms with Crippen molar-refractivity contribution in [2.75, 3.05) is 13.1 Å². The zero-order chi connectivity index (χ0) is 25.9. The molecule has 0 unspecified atom stereocenters. The number of fused-ring (bicyclic) bond motifs is 2. The van der Waals surface area contributed by atoms with Crippen molar-refractivity contribution >= 4 is 23.8 Å². The molecule has 36 heavy (non-hydrogen) atoms. The summed E-state index contributed by atoms with van der Waals surface area (Å²) in [6, 6.07) is 6.41. The lowest BCUT2D eigenvalue weighted by Gasteiger charge is -2.45. The second-order valence-corrected chi connectivity index (χ2v) is 11.3. The van der Waals surface area contributed by atoms with E-state index in [4.69, 9.17) is 4.74 Å². The fraction of sp³-hybridized carbons (Fsp3) is 0.643. The lowest BCUT2D eigenvalue weighted by Crippen LogP contribution is -2.56. The lowest BCUT2D eigenvalue weighted by molar-refractivity contribution is -0.140. The van der Waals surface area contributed by atoms with Crippen LogP contribution in [0.15, 0.2) is 24.3 Å². The maximum Gasteiger partial charge on any atom is 0.408 e. The van der Waals surface area contributed by atoms with Gasteiger partial charge in [-0.2, -0.15) is 0 Å². The van der Waals surface area contributed by atoms with Crippen molar-refractivity contribution < 1.29 is 23.9 Å². The van der Waals surface area contributed by atoms with Crippen molar-refractivity contribution in [3.63, 3.8) is 0 Å². The Bertz CT molecular complexity index is 964. The summed E-state index contributed by atoms with van der Waals surface area (Å²) in [5.41, 5.74) is 0.214. The Balaban J connectivity index is 1.38. The van der Waals surface area contributed by atoms with E-state index in [1.807, 2.05) is 4.90 Å². The van der Waals surface area contributed by atoms with Crippen LogP contribution in [0.5, 0.6) is 0 Å². The number of ether oxygens (including phenoxy) is 1. The van der Waals surface area contributed by atoms with Crippen LogP contribution in [0.1, 0.15) is 99.3 Å². The Labute approximate surface area is 213 Å². The van der Waals surface area contributed by atoms with E-state index in [2.05, 4.69) is 5.32 Å². The normalized spacial score (nSPS) is 22.6. The molecule has 1 N–H and O–H groups in total. The summed E-state index contributed by atoms with van der Waals surface area (Å²) in [6.45, 7) is 6.39. The first-order chi connectivity index (χ1) is 17.2. The van der Waals surface area contributed by atoms with Gasteiger partial charge in [-0.15, -0.1) is 0 Å². The highest BCUT2D eigenvalue weighted by Gasteiger charge is 2.39. The number of nitrogens with one attached hydrogen (secondary N) is 1. The molecule has 2 heterocycles. The van der Waals surface area contributed by atoms with E-state index in [0.717, 1.165) is 25.8 Å². The van der Waals surface area contributed by atoms with Crippen molar-refractivity contribution in [1.82, 2.24) is 15.1 Å². The van der Waals surface area contributed by atoms with E-state index in [0.29, 0.717) is 36.3 Å². The average Bonchev–Trinajstić information content (AvgIpc) is 3.08. The van der Waals surface area contributed by atoms with E-state index in [1.165, 1.54) is 24.2 Å². The second kappa shape index (κ2) is 11.0. The monoisotopic (exact) mass is 497 g/mol. The number of unbranched alkanes of at least 4 members (excludes halogenated alkanes) is 1. The number of hydrogen-bond acceptors (Lipinski definition) is 5. The van der Waals surface area contributed by atoms with Gasteiger partial charge in [-0.3, -0.25) is 19.3 Å². The predicted octanol–water partition coefficient (Wildman–Crippen LogP) is 4.53. The fourth-order valence-electron chi connectivity index (χ4n) is 5.87. The van der Waals surface area contributed by atoms with Gasteiger partial charge in [0.05, 0.1) is 11.1 Å². The molecule has 1 aliphatic carbocycles. The summed E-state index contributed by atoms with van der Waals surface area (Å²) >= 11 is 0. The minimum atomic E-state index is -0.692. The van der Waals surface area contributed by atoms with E-state index in [9.17, 15) is 19.2 Å². The van der Waals surface area contributed by atoms with E-state index < -0.39 is 17.7 Å². The first-order valence-electron chi connectivity index (χ1n) is 13.4. The summed E-state index contributed by atoms with van der Waals surface area (Å²) in [6.07, 6.45) is 7.67. The number of alkyl carbamates (subject to hydrolysis) is 1. The third kappa shape index (κ3) is 5.90. The van der Waals surface area contributed by atoms with Crippen LogP contribution in [-0.4, -0.2) is 64.4 Å². The average molecular weight is 498 g/mol. The number of piperidine rings is 1. The van der Waals surface area contributed by atoms with Crippen molar-refractivity contribution in [2.45, 2.75) is 96.2 Å². The summed E-state index contributed by atoms with van der Waals surface area (Å²) in [5, 5.41) is 2.83.